The van der Waals surface area contributed by atoms with Crippen LogP contribution in [-0.2, 0) is 24.2 Å². The lowest BCUT2D eigenvalue weighted by molar-refractivity contribution is -0.151. The minimum atomic E-state index is -2.95. The van der Waals surface area contributed by atoms with Gasteiger partial charge in [0.05, 0.1) is 24.0 Å². The normalized spacial score (nSPS) is 28.3. The fourth-order valence-corrected chi connectivity index (χ4v) is 4.93. The van der Waals surface area contributed by atoms with Crippen molar-refractivity contribution in [3.63, 3.8) is 0 Å². The number of hydrogen-bond donors (Lipinski definition) is 0. The summed E-state index contributed by atoms with van der Waals surface area (Å²) in [4.78, 5) is 25.7. The molecule has 1 unspecified atom stereocenters. The van der Waals surface area contributed by atoms with Gasteiger partial charge in [-0.25, -0.2) is 8.42 Å². The fraction of sp³-hybridized carbons (Fsp3) is 0.857. The van der Waals surface area contributed by atoms with Gasteiger partial charge < -0.3 is 9.64 Å². The molecule has 2 aliphatic rings. The van der Waals surface area contributed by atoms with Gasteiger partial charge in [-0.2, -0.15) is 0 Å². The lowest BCUT2D eigenvalue weighted by Gasteiger charge is -2.32. The quantitative estimate of drug-likeness (QED) is 0.710. The third-order valence-corrected chi connectivity index (χ3v) is 6.02. The van der Waals surface area contributed by atoms with Gasteiger partial charge in [0.2, 0.25) is 5.91 Å². The number of ether oxygens (including phenoxy) is 1. The molecule has 0 N–H and O–H groups in total. The number of carbonyl (C=O) groups is 2. The summed E-state index contributed by atoms with van der Waals surface area (Å²) in [6.45, 7) is 3.17. The topological polar surface area (TPSA) is 80.8 Å². The summed E-state index contributed by atoms with van der Waals surface area (Å²) >= 11 is 0. The highest BCUT2D eigenvalue weighted by atomic mass is 32.2. The number of hydrogen-bond acceptors (Lipinski definition) is 5. The Hall–Kier alpha value is -1.11. The van der Waals surface area contributed by atoms with Crippen molar-refractivity contribution in [1.82, 2.24) is 4.90 Å². The second-order valence-corrected chi connectivity index (χ2v) is 8.13. The van der Waals surface area contributed by atoms with Crippen LogP contribution in [0.5, 0.6) is 0 Å². The number of sulfone groups is 1. The smallest absolute Gasteiger partial charge is 0.310 e. The minimum absolute atomic E-state index is 0.0360. The monoisotopic (exact) mass is 317 g/mol. The van der Waals surface area contributed by atoms with Gasteiger partial charge in [0.15, 0.2) is 9.84 Å². The highest BCUT2D eigenvalue weighted by Crippen LogP contribution is 2.24. The summed E-state index contributed by atoms with van der Waals surface area (Å²) in [5.41, 5.74) is 0. The van der Waals surface area contributed by atoms with Crippen molar-refractivity contribution < 1.29 is 22.7 Å². The van der Waals surface area contributed by atoms with Crippen LogP contribution in [0.25, 0.3) is 0 Å². The summed E-state index contributed by atoms with van der Waals surface area (Å²) in [6.07, 6.45) is 2.39. The van der Waals surface area contributed by atoms with E-state index in [0.717, 1.165) is 12.8 Å². The van der Waals surface area contributed by atoms with Crippen molar-refractivity contribution in [3.05, 3.63) is 0 Å². The zero-order valence-electron chi connectivity index (χ0n) is 12.4. The third kappa shape index (κ3) is 4.43. The molecule has 0 aliphatic carbocycles. The molecule has 2 aliphatic heterocycles. The van der Waals surface area contributed by atoms with Crippen LogP contribution in [0, 0.1) is 11.8 Å². The maximum absolute atomic E-state index is 12.3. The first-order valence-electron chi connectivity index (χ1n) is 7.56. The van der Waals surface area contributed by atoms with Crippen LogP contribution in [-0.4, -0.2) is 56.4 Å². The molecule has 0 aromatic heterocycles. The van der Waals surface area contributed by atoms with Crippen molar-refractivity contribution in [2.45, 2.75) is 32.6 Å². The van der Waals surface area contributed by atoms with E-state index in [2.05, 4.69) is 0 Å². The Bertz CT molecular complexity index is 501. The molecule has 0 radical (unpaired) electrons. The maximum atomic E-state index is 12.3. The zero-order chi connectivity index (χ0) is 15.5. The SMILES string of the molecule is CCOC(=O)[C@H]1CCCN(C(=O)CC2CCS(=O)(=O)C2)C1. The Morgan fingerprint density at radius 1 is 1.29 bits per heavy atom. The molecular weight excluding hydrogens is 294 g/mol. The van der Waals surface area contributed by atoms with Crippen LogP contribution in [0.3, 0.4) is 0 Å². The van der Waals surface area contributed by atoms with E-state index in [1.165, 1.54) is 0 Å². The predicted molar refractivity (Wildman–Crippen MR) is 77.3 cm³/mol. The molecule has 21 heavy (non-hydrogen) atoms. The van der Waals surface area contributed by atoms with E-state index in [-0.39, 0.29) is 41.6 Å². The standard InChI is InChI=1S/C14H23NO5S/c1-2-20-14(17)12-4-3-6-15(9-12)13(16)8-11-5-7-21(18,19)10-11/h11-12H,2-10H2,1H3/t11?,12-/m0/s1. The zero-order valence-corrected chi connectivity index (χ0v) is 13.2. The first kappa shape index (κ1) is 16.3. The van der Waals surface area contributed by atoms with Crippen LogP contribution in [0.2, 0.25) is 0 Å². The van der Waals surface area contributed by atoms with Gasteiger partial charge in [-0.3, -0.25) is 9.59 Å². The molecule has 1 amide bonds. The molecule has 0 aromatic carbocycles. The molecule has 0 spiro atoms. The van der Waals surface area contributed by atoms with Gasteiger partial charge in [0, 0.05) is 19.5 Å². The molecule has 2 atom stereocenters. The summed E-state index contributed by atoms with van der Waals surface area (Å²) in [6, 6.07) is 0. The largest absolute Gasteiger partial charge is 0.466 e. The molecule has 0 saturated carbocycles. The Kier molecular flexibility index (Phi) is 5.24. The highest BCUT2D eigenvalue weighted by Gasteiger charge is 2.33. The second-order valence-electron chi connectivity index (χ2n) is 5.90. The van der Waals surface area contributed by atoms with Crippen LogP contribution >= 0.6 is 0 Å². The predicted octanol–water partition coefficient (Wildman–Crippen LogP) is 0.613. The number of piperidine rings is 1. The Morgan fingerprint density at radius 3 is 2.67 bits per heavy atom. The van der Waals surface area contributed by atoms with Gasteiger partial charge in [-0.05, 0) is 32.1 Å². The molecular formula is C14H23NO5S. The van der Waals surface area contributed by atoms with Crippen LogP contribution in [0.1, 0.15) is 32.6 Å². The Balaban J connectivity index is 1.86. The summed E-state index contributed by atoms with van der Waals surface area (Å²) in [7, 11) is -2.95. The van der Waals surface area contributed by atoms with Crippen LogP contribution in [0.15, 0.2) is 0 Å². The maximum Gasteiger partial charge on any atom is 0.310 e. The molecule has 2 fully saturated rings. The first-order valence-corrected chi connectivity index (χ1v) is 9.38. The van der Waals surface area contributed by atoms with Gasteiger partial charge in [-0.1, -0.05) is 0 Å². The molecule has 2 rings (SSSR count). The molecule has 2 heterocycles. The molecule has 0 bridgehead atoms. The third-order valence-electron chi connectivity index (χ3n) is 4.18. The van der Waals surface area contributed by atoms with E-state index < -0.39 is 9.84 Å². The van der Waals surface area contributed by atoms with E-state index >= 15 is 0 Å². The lowest BCUT2D eigenvalue weighted by atomic mass is 9.96. The van der Waals surface area contributed by atoms with Crippen LogP contribution in [0.4, 0.5) is 0 Å². The summed E-state index contributed by atoms with van der Waals surface area (Å²) in [5.74, 6) is -0.269. The van der Waals surface area contributed by atoms with E-state index in [0.29, 0.717) is 26.1 Å². The number of likely N-dealkylation sites (tertiary alicyclic amines) is 1. The minimum Gasteiger partial charge on any atom is -0.466 e. The van der Waals surface area contributed by atoms with E-state index in [1.807, 2.05) is 0 Å². The Morgan fingerprint density at radius 2 is 2.05 bits per heavy atom. The van der Waals surface area contributed by atoms with Crippen molar-refractivity contribution >= 4 is 21.7 Å². The number of rotatable bonds is 4. The number of nitrogens with zero attached hydrogens (tertiary/aromatic N) is 1. The number of amides is 1. The second kappa shape index (κ2) is 6.77. The van der Waals surface area contributed by atoms with Gasteiger partial charge >= 0.3 is 5.97 Å². The number of esters is 1. The van der Waals surface area contributed by atoms with E-state index in [4.69, 9.17) is 4.74 Å². The average molecular weight is 317 g/mol. The molecule has 0 aromatic rings. The molecule has 6 nitrogen and oxygen atoms in total. The lowest BCUT2D eigenvalue weighted by Crippen LogP contribution is -2.43. The van der Waals surface area contributed by atoms with Crippen molar-refractivity contribution in [3.8, 4) is 0 Å². The van der Waals surface area contributed by atoms with E-state index in [1.54, 1.807) is 11.8 Å². The first-order chi connectivity index (χ1) is 9.91. The van der Waals surface area contributed by atoms with Gasteiger partial charge in [-0.15, -0.1) is 0 Å². The number of carbonyl (C=O) groups excluding carboxylic acids is 2. The fourth-order valence-electron chi connectivity index (χ4n) is 3.07. The van der Waals surface area contributed by atoms with Gasteiger partial charge in [0.25, 0.3) is 0 Å². The average Bonchev–Trinajstić information content (AvgIpc) is 2.78. The van der Waals surface area contributed by atoms with Gasteiger partial charge in [0.1, 0.15) is 0 Å². The molecule has 2 saturated heterocycles. The molecule has 120 valence electrons. The Labute approximate surface area is 125 Å². The highest BCUT2D eigenvalue weighted by molar-refractivity contribution is 7.91. The van der Waals surface area contributed by atoms with Crippen molar-refractivity contribution in [2.24, 2.45) is 11.8 Å². The van der Waals surface area contributed by atoms with Crippen molar-refractivity contribution in [1.29, 1.82) is 0 Å². The van der Waals surface area contributed by atoms with E-state index in [9.17, 15) is 18.0 Å². The molecule has 7 heteroatoms. The van der Waals surface area contributed by atoms with Crippen molar-refractivity contribution in [2.75, 3.05) is 31.2 Å². The summed E-state index contributed by atoms with van der Waals surface area (Å²) in [5, 5.41) is 0. The summed E-state index contributed by atoms with van der Waals surface area (Å²) < 4.78 is 27.9. The van der Waals surface area contributed by atoms with Crippen LogP contribution < -0.4 is 0 Å².